The molecule has 114 heavy (non-hydrogen) atoms. The number of aryl methyl sites for hydroxylation is 3. The maximum atomic E-state index is 12.9. The summed E-state index contributed by atoms with van der Waals surface area (Å²) in [6.45, 7) is 14.8. The molecule has 2 aromatic carbocycles. The molecular weight excluding hydrogens is 1700 g/mol. The molecule has 2 spiro atoms. The number of nitrogens with one attached hydrogen (secondary N) is 4. The van der Waals surface area contributed by atoms with Crippen molar-refractivity contribution in [1.82, 2.24) is 21.3 Å². The number of aromatic hydroxyl groups is 2. The van der Waals surface area contributed by atoms with Gasteiger partial charge in [0.2, 0.25) is 11.8 Å². The van der Waals surface area contributed by atoms with Crippen LogP contribution in [0.4, 0.5) is 0 Å². The van der Waals surface area contributed by atoms with E-state index in [-0.39, 0.29) is 124 Å². The summed E-state index contributed by atoms with van der Waals surface area (Å²) in [5.74, 6) is -3.70. The number of carboxylic acid groups (broad SMARTS) is 2. The molecule has 0 radical (unpaired) electrons. The maximum Gasteiger partial charge on any atom is 0.397 e. The Hall–Kier alpha value is -4.15. The topological polar surface area (TPSA) is 516 Å². The number of carboxylic acids is 2. The number of aliphatic carboxylic acids is 2. The predicted molar refractivity (Wildman–Crippen MR) is 407 cm³/mol. The lowest BCUT2D eigenvalue weighted by Gasteiger charge is -2.62. The second-order valence-corrected chi connectivity index (χ2v) is 36.2. The highest BCUT2D eigenvalue weighted by molar-refractivity contribution is 14.1. The van der Waals surface area contributed by atoms with Crippen LogP contribution in [0.15, 0.2) is 60.7 Å². The average Bonchev–Trinajstić information content (AvgIpc) is 1.49. The second kappa shape index (κ2) is 38.3. The van der Waals surface area contributed by atoms with Crippen molar-refractivity contribution in [3.8, 4) is 11.5 Å². The lowest BCUT2D eigenvalue weighted by molar-refractivity contribution is -0.620. The Kier molecular flexibility index (Phi) is 30.4. The van der Waals surface area contributed by atoms with Crippen molar-refractivity contribution in [2.45, 2.75) is 222 Å². The van der Waals surface area contributed by atoms with Crippen LogP contribution in [-0.4, -0.2) is 216 Å². The molecule has 2 heterocycles. The number of thiol groups is 2. The molecule has 41 heteroatoms. The molecule has 36 nitrogen and oxygen atoms in total. The van der Waals surface area contributed by atoms with Crippen molar-refractivity contribution in [3.63, 3.8) is 0 Å². The van der Waals surface area contributed by atoms with Gasteiger partial charge in [0.25, 0.3) is 0 Å². The van der Waals surface area contributed by atoms with Crippen molar-refractivity contribution in [1.29, 1.82) is 0 Å². The van der Waals surface area contributed by atoms with Crippen LogP contribution in [0.1, 0.15) is 133 Å². The van der Waals surface area contributed by atoms with Crippen LogP contribution >= 0.6 is 48.4 Å². The Balaban J connectivity index is 0.000000225. The monoisotopic (exact) mass is 1800 g/mol. The van der Waals surface area contributed by atoms with Crippen LogP contribution in [0.25, 0.3) is 0 Å². The van der Waals surface area contributed by atoms with E-state index in [2.05, 4.69) is 103 Å². The minimum absolute atomic E-state index is 0.0189. The Morgan fingerprint density at radius 2 is 1.01 bits per heavy atom. The number of aliphatic hydroxyl groups is 4. The van der Waals surface area contributed by atoms with Gasteiger partial charge < -0.3 is 81.1 Å². The van der Waals surface area contributed by atoms with Gasteiger partial charge in [0, 0.05) is 88.8 Å². The summed E-state index contributed by atoms with van der Waals surface area (Å²) in [4.78, 5) is 61.0. The third-order valence-electron chi connectivity index (χ3n) is 26.4. The maximum absolute atomic E-state index is 12.9. The van der Waals surface area contributed by atoms with Crippen LogP contribution in [0.5, 0.6) is 11.5 Å². The SMILES string of the molecule is C=C1C2CCC3C4(C)CC(O[C@@H]5O[C@@H](CNCCNC(=O)CCc6cc(C)c(O)c(I)c6)[C@@H](OOOOS)[C@H](OS(=O)(=O)O)C5O)CC(C(=O)O)C4CCC3(C2)[C@H]1O.C=C1C2CCC3C4(C)CC(O[C@@H]5O[C@@H](CNCCNC(=O)CCc6ccc(O)cc6)[C@@H](OOOOS)[C@H](OS(=O)(=O)O)C5O)CC(C(=O)O)C4CCC3(C2)[C@H]1O. The quantitative estimate of drug-likeness (QED) is 0.00513. The fourth-order valence-corrected chi connectivity index (χ4v) is 23.5. The van der Waals surface area contributed by atoms with Crippen molar-refractivity contribution in [2.75, 3.05) is 39.3 Å². The number of amides is 2. The number of ether oxygens (including phenoxy) is 4. The number of phenolic OH excluding ortho intramolecular Hbond substituents is 2. The fraction of sp³-hybridized carbons (Fsp3) is 0.726. The van der Waals surface area contributed by atoms with Gasteiger partial charge in [-0.3, -0.25) is 28.3 Å². The van der Waals surface area contributed by atoms with Crippen LogP contribution in [0, 0.1) is 79.5 Å². The average molecular weight is 1810 g/mol. The highest BCUT2D eigenvalue weighted by Gasteiger charge is 2.69. The number of fused-ring (bicyclic) bond motifs is 6. The Morgan fingerprint density at radius 1 is 0.588 bits per heavy atom. The number of halogens is 1. The third-order valence-corrected chi connectivity index (χ3v) is 28.3. The van der Waals surface area contributed by atoms with E-state index in [1.165, 1.54) is 12.1 Å². The smallest absolute Gasteiger partial charge is 0.397 e. The van der Waals surface area contributed by atoms with E-state index in [0.29, 0.717) is 60.5 Å². The van der Waals surface area contributed by atoms with Crippen LogP contribution in [0.3, 0.4) is 0 Å². The van der Waals surface area contributed by atoms with Gasteiger partial charge in [-0.15, -0.1) is 8.67 Å². The first-order valence-corrected chi connectivity index (χ1v) is 42.8. The van der Waals surface area contributed by atoms with Gasteiger partial charge in [-0.25, -0.2) is 8.37 Å². The molecule has 10 fully saturated rings. The van der Waals surface area contributed by atoms with Crippen molar-refractivity contribution < 1.29 is 152 Å². The number of hydrogen-bond acceptors (Lipinski definition) is 32. The number of rotatable bonds is 34. The molecule has 8 aliphatic carbocycles. The summed E-state index contributed by atoms with van der Waals surface area (Å²) in [6, 6.07) is 10.2. The molecule has 16 unspecified atom stereocenters. The predicted octanol–water partition coefficient (Wildman–Crippen LogP) is 4.83. The highest BCUT2D eigenvalue weighted by Crippen LogP contribution is 2.73. The van der Waals surface area contributed by atoms with E-state index < -0.39 is 152 Å². The summed E-state index contributed by atoms with van der Waals surface area (Å²) in [7, 11) is -10.5. The number of carbonyl (C=O) groups is 4. The van der Waals surface area contributed by atoms with Gasteiger partial charge in [-0.2, -0.15) is 26.6 Å². The van der Waals surface area contributed by atoms with Crippen molar-refractivity contribution in [2.24, 2.45) is 69.0 Å². The van der Waals surface area contributed by atoms with Gasteiger partial charge in [0.15, 0.2) is 24.8 Å². The molecule has 26 atom stereocenters. The summed E-state index contributed by atoms with van der Waals surface area (Å²) < 4.78 is 111. The minimum Gasteiger partial charge on any atom is -0.508 e. The molecule has 8 saturated carbocycles. The van der Waals surface area contributed by atoms with E-state index in [0.717, 1.165) is 60.8 Å². The second-order valence-electron chi connectivity index (χ2n) is 32.7. The molecule has 0 aromatic heterocycles. The standard InChI is InChI=1S/C37H53IN2O16S2.C36H52N2O16S2/c1-18-12-20(13-25(38)29(18)42)4-7-28(41)40-11-10-39-17-26-31(52-54-55-56-57)32(53-58(47,48)49)30(43)35(51-26)50-22-14-23(34(45)46)24-8-9-37-15-21(19(2)33(37)44)5-6-27(37)36(24,3)16-22;1-19-21-6-9-27-35(2)17-23(15-24(33(43)44)25(35)11-12-36(27,16-21)32(19)42)48-34-29(41)31(51-56(45,46)47)30(50-52-53-54-55)26(49-34)18-37-13-14-38-28(40)10-5-20-3-7-22(39)8-4-20/h12-13,21-24,26-27,30-33,35,39,42-44,57H,2,4-11,14-17H2,1,3H3,(H,40,41)(H,45,46)(H,47,48,49);3-4,7-8,21,23-27,29-32,34,37,39,41-42,55H,1,5-6,9-18H2,2H3,(H,38,40)(H,43,44)(H,45,46,47)/t21?,22?,23?,24?,26-,27?,30?,31+,32+,33-,35+,36?,37?;21?,23?,24?,25?,26-,27?,29?,30+,31+,32-,34+,35?,36?/m00/s1. The zero-order valence-corrected chi connectivity index (χ0v) is 68.7. The van der Waals surface area contributed by atoms with Gasteiger partial charge in [0.05, 0.1) is 39.8 Å². The molecule has 4 bridgehead atoms. The first kappa shape index (κ1) is 90.6. The molecule has 12 rings (SSSR count). The number of aliphatic hydroxyl groups excluding tert-OH is 4. The summed E-state index contributed by atoms with van der Waals surface area (Å²) >= 11 is 8.79. The van der Waals surface area contributed by atoms with Gasteiger partial charge in [0.1, 0.15) is 48.1 Å². The lowest BCUT2D eigenvalue weighted by atomic mass is 9.43. The van der Waals surface area contributed by atoms with Crippen molar-refractivity contribution in [3.05, 3.63) is 81.0 Å². The first-order chi connectivity index (χ1) is 53.9. The van der Waals surface area contributed by atoms with Gasteiger partial charge >= 0.3 is 32.7 Å². The molecule has 2 amide bonds. The third kappa shape index (κ3) is 20.4. The molecule has 14 N–H and O–H groups in total. The Labute approximate surface area is 684 Å². The van der Waals surface area contributed by atoms with Crippen LogP contribution in [-0.2, 0) is 119 Å². The zero-order chi connectivity index (χ0) is 82.6. The number of hydrogen-bond donors (Lipinski definition) is 16. The van der Waals surface area contributed by atoms with Crippen molar-refractivity contribution >= 4 is 93.0 Å². The Morgan fingerprint density at radius 3 is 1.40 bits per heavy atom. The van der Waals surface area contributed by atoms with Gasteiger partial charge in [-0.1, -0.05) is 45.2 Å². The molecular formula is C73H105IN4O32S4. The van der Waals surface area contributed by atoms with Crippen LogP contribution in [0.2, 0.25) is 0 Å². The largest absolute Gasteiger partial charge is 0.508 e. The summed E-state index contributed by atoms with van der Waals surface area (Å²) in [5, 5.41) is 116. The fourth-order valence-electron chi connectivity index (χ4n) is 21.6. The number of carbonyl (C=O) groups excluding carboxylic acids is 2. The number of phenols is 2. The molecule has 2 aromatic rings. The van der Waals surface area contributed by atoms with Crippen LogP contribution < -0.4 is 21.3 Å². The van der Waals surface area contributed by atoms with E-state index in [9.17, 15) is 86.0 Å². The zero-order valence-electron chi connectivity index (χ0n) is 63.1. The molecule has 2 aliphatic heterocycles. The van der Waals surface area contributed by atoms with E-state index >= 15 is 0 Å². The summed E-state index contributed by atoms with van der Waals surface area (Å²) in [5.41, 5.74) is 2.18. The first-order valence-electron chi connectivity index (χ1n) is 38.2. The Bertz CT molecular complexity index is 3930. The lowest BCUT2D eigenvalue weighted by Crippen LogP contribution is -2.64. The molecule has 10 aliphatic rings. The normalized spacial score (nSPS) is 37.6. The molecule has 640 valence electrons. The molecule has 2 saturated heterocycles. The summed E-state index contributed by atoms with van der Waals surface area (Å²) in [6.07, 6.45) is -9.89. The van der Waals surface area contributed by atoms with E-state index in [4.69, 9.17) is 37.1 Å². The number of benzene rings is 2. The minimum atomic E-state index is -5.23. The highest BCUT2D eigenvalue weighted by atomic mass is 127. The van der Waals surface area contributed by atoms with Gasteiger partial charge in [-0.05, 0) is 245 Å². The van der Waals surface area contributed by atoms with E-state index in [1.807, 2.05) is 34.7 Å². The van der Waals surface area contributed by atoms with E-state index in [1.54, 1.807) is 19.1 Å².